The Labute approximate surface area is 156 Å². The number of halogens is 2. The summed E-state index contributed by atoms with van der Waals surface area (Å²) in [6, 6.07) is 11.8. The monoisotopic (exact) mass is 485 g/mol. The molecule has 0 fully saturated rings. The van der Waals surface area contributed by atoms with Gasteiger partial charge in [0.15, 0.2) is 17.3 Å². The van der Waals surface area contributed by atoms with Gasteiger partial charge >= 0.3 is 0 Å². The quantitative estimate of drug-likeness (QED) is 0.464. The van der Waals surface area contributed by atoms with Crippen molar-refractivity contribution in [2.75, 3.05) is 14.2 Å². The molecule has 6 heteroatoms. The number of ether oxygens (including phenoxy) is 2. The van der Waals surface area contributed by atoms with E-state index in [1.165, 1.54) is 0 Å². The largest absolute Gasteiger partial charge is 0.493 e. The Hall–Kier alpha value is -1.54. The minimum Gasteiger partial charge on any atom is -0.493 e. The van der Waals surface area contributed by atoms with E-state index in [4.69, 9.17) is 14.0 Å². The standard InChI is InChI=1S/C17H13BrINO3/c1-21-15-7-11(13(18)8-16(15)22-2)12-9-20-23-17(12)10-5-3-4-6-14(10)19/h3-9H,1-2H3. The van der Waals surface area contributed by atoms with Gasteiger partial charge in [-0.1, -0.05) is 39.3 Å². The topological polar surface area (TPSA) is 44.5 Å². The SMILES string of the molecule is COc1cc(Br)c(-c2cnoc2-c2ccccc2I)cc1OC. The van der Waals surface area contributed by atoms with Crippen molar-refractivity contribution in [3.63, 3.8) is 0 Å². The molecule has 3 rings (SSSR count). The third kappa shape index (κ3) is 3.10. The summed E-state index contributed by atoms with van der Waals surface area (Å²) in [7, 11) is 3.23. The normalized spacial score (nSPS) is 10.6. The first-order valence-corrected chi connectivity index (χ1v) is 8.64. The van der Waals surface area contributed by atoms with E-state index in [2.05, 4.69) is 43.7 Å². The molecule has 0 unspecified atom stereocenters. The molecule has 0 amide bonds. The van der Waals surface area contributed by atoms with Crippen molar-refractivity contribution in [1.29, 1.82) is 0 Å². The number of nitrogens with zero attached hydrogens (tertiary/aromatic N) is 1. The Kier molecular flexibility index (Phi) is 4.91. The van der Waals surface area contributed by atoms with Crippen LogP contribution in [0.1, 0.15) is 0 Å². The molecule has 0 bridgehead atoms. The summed E-state index contributed by atoms with van der Waals surface area (Å²) >= 11 is 5.88. The van der Waals surface area contributed by atoms with Crippen LogP contribution >= 0.6 is 38.5 Å². The van der Waals surface area contributed by atoms with E-state index in [-0.39, 0.29) is 0 Å². The van der Waals surface area contributed by atoms with Gasteiger partial charge in [0.25, 0.3) is 0 Å². The lowest BCUT2D eigenvalue weighted by molar-refractivity contribution is 0.355. The Morgan fingerprint density at radius 3 is 2.39 bits per heavy atom. The van der Waals surface area contributed by atoms with Crippen LogP contribution in [0.3, 0.4) is 0 Å². The summed E-state index contributed by atoms with van der Waals surface area (Å²) in [5, 5.41) is 3.98. The summed E-state index contributed by atoms with van der Waals surface area (Å²) < 4.78 is 18.2. The van der Waals surface area contributed by atoms with Crippen LogP contribution in [0.4, 0.5) is 0 Å². The van der Waals surface area contributed by atoms with Gasteiger partial charge in [0.05, 0.1) is 26.0 Å². The first-order valence-electron chi connectivity index (χ1n) is 6.77. The predicted molar refractivity (Wildman–Crippen MR) is 101 cm³/mol. The Bertz CT molecular complexity index is 848. The summed E-state index contributed by atoms with van der Waals surface area (Å²) in [4.78, 5) is 0. The van der Waals surface area contributed by atoms with Crippen LogP contribution in [-0.2, 0) is 0 Å². The van der Waals surface area contributed by atoms with E-state index in [1.54, 1.807) is 20.4 Å². The van der Waals surface area contributed by atoms with Crippen LogP contribution in [0.15, 0.2) is 51.6 Å². The zero-order chi connectivity index (χ0) is 16.4. The molecule has 23 heavy (non-hydrogen) atoms. The van der Waals surface area contributed by atoms with Gasteiger partial charge in [-0.05, 0) is 40.8 Å². The van der Waals surface area contributed by atoms with Crippen LogP contribution in [0.5, 0.6) is 11.5 Å². The van der Waals surface area contributed by atoms with Crippen molar-refractivity contribution in [3.8, 4) is 33.9 Å². The summed E-state index contributed by atoms with van der Waals surface area (Å²) in [6.07, 6.45) is 1.71. The first-order chi connectivity index (χ1) is 11.2. The molecule has 0 spiro atoms. The third-order valence-corrected chi connectivity index (χ3v) is 5.05. The van der Waals surface area contributed by atoms with Gasteiger partial charge in [-0.25, -0.2) is 0 Å². The van der Waals surface area contributed by atoms with Gasteiger partial charge in [0.2, 0.25) is 0 Å². The zero-order valence-electron chi connectivity index (χ0n) is 12.5. The molecule has 0 radical (unpaired) electrons. The maximum absolute atomic E-state index is 5.52. The number of hydrogen-bond donors (Lipinski definition) is 0. The molecule has 118 valence electrons. The second-order valence-electron chi connectivity index (χ2n) is 4.74. The number of hydrogen-bond acceptors (Lipinski definition) is 4. The molecule has 2 aromatic carbocycles. The lowest BCUT2D eigenvalue weighted by Gasteiger charge is -2.12. The van der Waals surface area contributed by atoms with Gasteiger partial charge in [-0.2, -0.15) is 0 Å². The minimum absolute atomic E-state index is 0.653. The third-order valence-electron chi connectivity index (χ3n) is 3.45. The molecule has 0 aliphatic rings. The van der Waals surface area contributed by atoms with Crippen LogP contribution in [0, 0.1) is 3.57 Å². The average molecular weight is 486 g/mol. The predicted octanol–water partition coefficient (Wildman–Crippen LogP) is 5.39. The smallest absolute Gasteiger partial charge is 0.175 e. The van der Waals surface area contributed by atoms with Gasteiger partial charge < -0.3 is 14.0 Å². The minimum atomic E-state index is 0.653. The van der Waals surface area contributed by atoms with E-state index < -0.39 is 0 Å². The molecule has 1 aromatic heterocycles. The van der Waals surface area contributed by atoms with Gasteiger partial charge in [-0.3, -0.25) is 0 Å². The Balaban J connectivity index is 2.18. The number of benzene rings is 2. The maximum Gasteiger partial charge on any atom is 0.175 e. The van der Waals surface area contributed by atoms with E-state index in [0.29, 0.717) is 11.5 Å². The summed E-state index contributed by atoms with van der Waals surface area (Å²) in [5.41, 5.74) is 2.82. The van der Waals surface area contributed by atoms with E-state index >= 15 is 0 Å². The highest BCUT2D eigenvalue weighted by Gasteiger charge is 2.19. The molecule has 1 heterocycles. The molecule has 0 saturated heterocycles. The van der Waals surface area contributed by atoms with Crippen LogP contribution in [0.2, 0.25) is 0 Å². The fourth-order valence-electron chi connectivity index (χ4n) is 2.33. The molecule has 4 nitrogen and oxygen atoms in total. The molecule has 0 N–H and O–H groups in total. The summed E-state index contributed by atoms with van der Waals surface area (Å²) in [5.74, 6) is 2.04. The Morgan fingerprint density at radius 2 is 1.70 bits per heavy atom. The average Bonchev–Trinajstić information content (AvgIpc) is 3.04. The van der Waals surface area contributed by atoms with E-state index in [0.717, 1.165) is 30.5 Å². The van der Waals surface area contributed by atoms with Crippen molar-refractivity contribution in [1.82, 2.24) is 5.16 Å². The highest BCUT2D eigenvalue weighted by atomic mass is 127. The van der Waals surface area contributed by atoms with Crippen LogP contribution < -0.4 is 9.47 Å². The molecule has 0 saturated carbocycles. The van der Waals surface area contributed by atoms with Crippen molar-refractivity contribution in [2.45, 2.75) is 0 Å². The van der Waals surface area contributed by atoms with Gasteiger partial charge in [0, 0.05) is 19.2 Å². The van der Waals surface area contributed by atoms with Crippen LogP contribution in [0.25, 0.3) is 22.5 Å². The van der Waals surface area contributed by atoms with Gasteiger partial charge in [-0.15, -0.1) is 0 Å². The van der Waals surface area contributed by atoms with Crippen molar-refractivity contribution >= 4 is 38.5 Å². The lowest BCUT2D eigenvalue weighted by atomic mass is 10.0. The summed E-state index contributed by atoms with van der Waals surface area (Å²) in [6.45, 7) is 0. The van der Waals surface area contributed by atoms with Crippen molar-refractivity contribution in [2.24, 2.45) is 0 Å². The lowest BCUT2D eigenvalue weighted by Crippen LogP contribution is -1.92. The van der Waals surface area contributed by atoms with E-state index in [1.807, 2.05) is 36.4 Å². The molecular formula is C17H13BrINO3. The number of methoxy groups -OCH3 is 2. The van der Waals surface area contributed by atoms with E-state index in [9.17, 15) is 0 Å². The van der Waals surface area contributed by atoms with Gasteiger partial charge in [0.1, 0.15) is 0 Å². The van der Waals surface area contributed by atoms with Crippen molar-refractivity contribution < 1.29 is 14.0 Å². The highest BCUT2D eigenvalue weighted by molar-refractivity contribution is 14.1. The molecular weight excluding hydrogens is 473 g/mol. The number of aromatic nitrogens is 1. The molecule has 0 aliphatic carbocycles. The maximum atomic E-state index is 5.52. The van der Waals surface area contributed by atoms with Crippen LogP contribution in [-0.4, -0.2) is 19.4 Å². The fraction of sp³-hybridized carbons (Fsp3) is 0.118. The number of rotatable bonds is 4. The Morgan fingerprint density at radius 1 is 1.00 bits per heavy atom. The second kappa shape index (κ2) is 6.92. The molecule has 0 atom stereocenters. The second-order valence-corrected chi connectivity index (χ2v) is 6.75. The fourth-order valence-corrected chi connectivity index (χ4v) is 3.50. The first kappa shape index (κ1) is 16.3. The van der Waals surface area contributed by atoms with Crippen molar-refractivity contribution in [3.05, 3.63) is 50.6 Å². The molecule has 3 aromatic rings. The zero-order valence-corrected chi connectivity index (χ0v) is 16.2. The molecule has 0 aliphatic heterocycles. The highest BCUT2D eigenvalue weighted by Crippen LogP contribution is 2.42.